The van der Waals surface area contributed by atoms with Gasteiger partial charge in [-0.25, -0.2) is 4.98 Å². The molecule has 0 bridgehead atoms. The van der Waals surface area contributed by atoms with Gasteiger partial charge < -0.3 is 14.7 Å². The number of carbonyl (C=O) groups excluding carboxylic acids is 1. The van der Waals surface area contributed by atoms with Crippen LogP contribution in [0.5, 0.6) is 0 Å². The molecule has 0 spiro atoms. The lowest BCUT2D eigenvalue weighted by Crippen LogP contribution is -2.41. The van der Waals surface area contributed by atoms with Gasteiger partial charge in [0, 0.05) is 17.5 Å². The second-order valence-electron chi connectivity index (χ2n) is 6.77. The van der Waals surface area contributed by atoms with Gasteiger partial charge in [-0.3, -0.25) is 4.79 Å². The molecule has 0 saturated carbocycles. The summed E-state index contributed by atoms with van der Waals surface area (Å²) in [5, 5.41) is 12.0. The third kappa shape index (κ3) is 1.99. The highest BCUT2D eigenvalue weighted by molar-refractivity contribution is 5.86. The van der Waals surface area contributed by atoms with Crippen LogP contribution in [0.2, 0.25) is 0 Å². The van der Waals surface area contributed by atoms with Crippen molar-refractivity contribution in [2.24, 2.45) is 5.92 Å². The molecule has 5 heteroatoms. The van der Waals surface area contributed by atoms with Crippen molar-refractivity contribution in [1.82, 2.24) is 9.88 Å². The summed E-state index contributed by atoms with van der Waals surface area (Å²) >= 11 is 0. The van der Waals surface area contributed by atoms with E-state index in [4.69, 9.17) is 9.72 Å². The van der Waals surface area contributed by atoms with Crippen LogP contribution in [0.4, 0.5) is 0 Å². The molecule has 1 N–H and O–H groups in total. The first kappa shape index (κ1) is 14.7. The Kier molecular flexibility index (Phi) is 3.03. The molecular weight excluding hydrogens is 316 g/mol. The van der Waals surface area contributed by atoms with Crippen molar-refractivity contribution in [2.45, 2.75) is 26.1 Å². The summed E-state index contributed by atoms with van der Waals surface area (Å²) in [4.78, 5) is 18.9. The number of hydrogen-bond acceptors (Lipinski definition) is 5. The number of allylic oxidation sites excluding steroid dienone is 1. The smallest absolute Gasteiger partial charge is 0.313 e. The highest BCUT2D eigenvalue weighted by atomic mass is 16.5. The molecule has 5 rings (SSSR count). The molecule has 1 aromatic heterocycles. The summed E-state index contributed by atoms with van der Waals surface area (Å²) in [6.07, 6.45) is 1.92. The molecule has 3 aliphatic rings. The molecule has 0 fully saturated rings. The number of hydrogen-bond donors (Lipinski definition) is 1. The van der Waals surface area contributed by atoms with E-state index in [0.29, 0.717) is 13.0 Å². The molecule has 0 radical (unpaired) electrons. The minimum atomic E-state index is -0.769. The fourth-order valence-corrected chi connectivity index (χ4v) is 4.10. The Balaban J connectivity index is 1.69. The van der Waals surface area contributed by atoms with E-state index >= 15 is 0 Å². The van der Waals surface area contributed by atoms with E-state index in [2.05, 4.69) is 6.07 Å². The lowest BCUT2D eigenvalue weighted by molar-refractivity contribution is -0.148. The molecule has 2 aromatic rings. The monoisotopic (exact) mass is 334 g/mol. The molecule has 3 aliphatic heterocycles. The van der Waals surface area contributed by atoms with Crippen LogP contribution in [0.25, 0.3) is 16.6 Å². The number of rotatable bonds is 1. The van der Waals surface area contributed by atoms with Crippen LogP contribution in [0, 0.1) is 5.92 Å². The van der Waals surface area contributed by atoms with Crippen LogP contribution < -0.4 is 0 Å². The van der Waals surface area contributed by atoms with Gasteiger partial charge in [0.25, 0.3) is 0 Å². The third-order valence-electron chi connectivity index (χ3n) is 5.40. The molecule has 25 heavy (non-hydrogen) atoms. The zero-order valence-electron chi connectivity index (χ0n) is 13.9. The average molecular weight is 334 g/mol. The number of ether oxygens (including phenoxy) is 1. The zero-order chi connectivity index (χ0) is 17.1. The van der Waals surface area contributed by atoms with E-state index < -0.39 is 6.23 Å². The number of aromatic nitrogens is 1. The van der Waals surface area contributed by atoms with E-state index in [0.717, 1.165) is 39.0 Å². The van der Waals surface area contributed by atoms with Crippen molar-refractivity contribution in [3.05, 3.63) is 58.8 Å². The van der Waals surface area contributed by atoms with Crippen molar-refractivity contribution in [2.75, 3.05) is 6.61 Å². The number of aliphatic hydroxyl groups is 1. The van der Waals surface area contributed by atoms with Crippen LogP contribution in [0.1, 0.15) is 24.6 Å². The molecule has 0 saturated heterocycles. The molecule has 0 aliphatic carbocycles. The number of nitrogens with zero attached hydrogens (tertiary/aromatic N) is 2. The van der Waals surface area contributed by atoms with E-state index in [-0.39, 0.29) is 18.5 Å². The summed E-state index contributed by atoms with van der Waals surface area (Å²) in [5.41, 5.74) is 5.55. The van der Waals surface area contributed by atoms with Crippen molar-refractivity contribution in [3.8, 4) is 0 Å². The number of carbonyl (C=O) groups is 1. The maximum atomic E-state index is 12.1. The summed E-state index contributed by atoms with van der Waals surface area (Å²) in [6, 6.07) is 10.2. The van der Waals surface area contributed by atoms with Crippen LogP contribution in [-0.4, -0.2) is 33.8 Å². The lowest BCUT2D eigenvalue weighted by Gasteiger charge is -2.37. The summed E-state index contributed by atoms with van der Waals surface area (Å²) in [6.45, 7) is 2.74. The van der Waals surface area contributed by atoms with Crippen LogP contribution in [0.15, 0.2) is 47.6 Å². The largest absolute Gasteiger partial charge is 0.461 e. The standard InChI is InChI=1S/C20H18N2O3/c1-2-13-14-8-17-18-12(7-11-5-3-4-6-16(11)21-18)9-22(17)19(23)15(14)10-25-20(13)24/h3-8,13,19,23H,2,9-10H2,1H3. The topological polar surface area (TPSA) is 62.7 Å². The van der Waals surface area contributed by atoms with Crippen LogP contribution >= 0.6 is 0 Å². The quantitative estimate of drug-likeness (QED) is 0.812. The number of esters is 1. The Labute approximate surface area is 145 Å². The van der Waals surface area contributed by atoms with Crippen molar-refractivity contribution >= 4 is 22.6 Å². The Morgan fingerprint density at radius 1 is 1.36 bits per heavy atom. The second kappa shape index (κ2) is 5.17. The Morgan fingerprint density at radius 2 is 2.20 bits per heavy atom. The highest BCUT2D eigenvalue weighted by Crippen LogP contribution is 2.43. The summed E-state index contributed by atoms with van der Waals surface area (Å²) in [5.74, 6) is -0.513. The second-order valence-corrected chi connectivity index (χ2v) is 6.77. The molecule has 2 unspecified atom stereocenters. The number of benzene rings is 1. The van der Waals surface area contributed by atoms with E-state index in [1.165, 1.54) is 0 Å². The first-order chi connectivity index (χ1) is 12.2. The molecule has 1 aromatic carbocycles. The van der Waals surface area contributed by atoms with Crippen molar-refractivity contribution in [1.29, 1.82) is 0 Å². The van der Waals surface area contributed by atoms with E-state index in [1.54, 1.807) is 0 Å². The fourth-order valence-electron chi connectivity index (χ4n) is 4.10. The molecule has 5 nitrogen and oxygen atoms in total. The van der Waals surface area contributed by atoms with E-state index in [9.17, 15) is 9.90 Å². The number of fused-ring (bicyclic) bond motifs is 4. The predicted octanol–water partition coefficient (Wildman–Crippen LogP) is 2.60. The number of para-hydroxylation sites is 1. The molecular formula is C20H18N2O3. The van der Waals surface area contributed by atoms with Gasteiger partial charge in [0.05, 0.1) is 22.8 Å². The van der Waals surface area contributed by atoms with Gasteiger partial charge in [0.2, 0.25) is 0 Å². The number of aliphatic hydroxyl groups excluding tert-OH is 1. The van der Waals surface area contributed by atoms with Gasteiger partial charge in [-0.15, -0.1) is 0 Å². The van der Waals surface area contributed by atoms with Crippen LogP contribution in [0.3, 0.4) is 0 Å². The van der Waals surface area contributed by atoms with Gasteiger partial charge in [-0.2, -0.15) is 0 Å². The maximum Gasteiger partial charge on any atom is 0.313 e. The van der Waals surface area contributed by atoms with Gasteiger partial charge >= 0.3 is 5.97 Å². The van der Waals surface area contributed by atoms with Crippen molar-refractivity contribution < 1.29 is 14.6 Å². The van der Waals surface area contributed by atoms with Gasteiger partial charge in [-0.1, -0.05) is 25.1 Å². The third-order valence-corrected chi connectivity index (χ3v) is 5.40. The number of pyridine rings is 1. The molecule has 4 heterocycles. The average Bonchev–Trinajstić information content (AvgIpc) is 2.98. The fraction of sp³-hybridized carbons (Fsp3) is 0.300. The SMILES string of the molecule is CCC1C(=O)OCC2=C1C=C1c3nc4ccccc4cc3CN1C2O. The van der Waals surface area contributed by atoms with Gasteiger partial charge in [0.15, 0.2) is 6.23 Å². The summed E-state index contributed by atoms with van der Waals surface area (Å²) < 4.78 is 5.28. The molecule has 126 valence electrons. The first-order valence-corrected chi connectivity index (χ1v) is 8.62. The zero-order valence-corrected chi connectivity index (χ0v) is 13.9. The first-order valence-electron chi connectivity index (χ1n) is 8.62. The predicted molar refractivity (Wildman–Crippen MR) is 93.0 cm³/mol. The normalized spacial score (nSPS) is 24.6. The Bertz CT molecular complexity index is 976. The van der Waals surface area contributed by atoms with Crippen molar-refractivity contribution in [3.63, 3.8) is 0 Å². The summed E-state index contributed by atoms with van der Waals surface area (Å²) in [7, 11) is 0. The van der Waals surface area contributed by atoms with Gasteiger partial charge in [-0.05, 0) is 35.8 Å². The Hall–Kier alpha value is -2.66. The Morgan fingerprint density at radius 3 is 3.04 bits per heavy atom. The van der Waals surface area contributed by atoms with Crippen LogP contribution in [-0.2, 0) is 16.1 Å². The lowest BCUT2D eigenvalue weighted by atomic mass is 9.86. The minimum absolute atomic E-state index is 0.165. The minimum Gasteiger partial charge on any atom is -0.461 e. The molecule has 0 amide bonds. The van der Waals surface area contributed by atoms with E-state index in [1.807, 2.05) is 42.2 Å². The van der Waals surface area contributed by atoms with Gasteiger partial charge in [0.1, 0.15) is 6.61 Å². The number of cyclic esters (lactones) is 1. The molecule has 2 atom stereocenters. The maximum absolute atomic E-state index is 12.1. The highest BCUT2D eigenvalue weighted by Gasteiger charge is 2.41.